The van der Waals surface area contributed by atoms with Gasteiger partial charge in [-0.1, -0.05) is 47.5 Å². The Bertz CT molecular complexity index is 877. The first-order valence-corrected chi connectivity index (χ1v) is 9.36. The van der Waals surface area contributed by atoms with Crippen LogP contribution in [0.25, 0.3) is 16.8 Å². The number of nitrogens with two attached hydrogens (primary N) is 2. The fourth-order valence-electron chi connectivity index (χ4n) is 3.51. The Balaban J connectivity index is 2.02. The first-order chi connectivity index (χ1) is 12.9. The molecule has 2 aromatic rings. The average Bonchev–Trinajstić information content (AvgIpc) is 2.59. The van der Waals surface area contributed by atoms with Gasteiger partial charge in [-0.3, -0.25) is 4.79 Å². The lowest BCUT2D eigenvalue weighted by Gasteiger charge is -2.27. The van der Waals surface area contributed by atoms with Crippen molar-refractivity contribution in [3.05, 3.63) is 58.8 Å². The molecule has 27 heavy (non-hydrogen) atoms. The van der Waals surface area contributed by atoms with Gasteiger partial charge in [-0.15, -0.1) is 0 Å². The van der Waals surface area contributed by atoms with E-state index in [1.807, 2.05) is 18.2 Å². The third kappa shape index (κ3) is 3.92. The molecule has 0 spiro atoms. The number of hydrogen-bond donors (Lipinski definition) is 4. The molecule has 2 aromatic carbocycles. The maximum absolute atomic E-state index is 12.5. The van der Waals surface area contributed by atoms with E-state index in [-0.39, 0.29) is 17.6 Å². The molecular formula is C22H28N4O. The summed E-state index contributed by atoms with van der Waals surface area (Å²) in [5.41, 5.74) is 19.1. The van der Waals surface area contributed by atoms with Gasteiger partial charge in [-0.05, 0) is 38.7 Å². The van der Waals surface area contributed by atoms with E-state index >= 15 is 0 Å². The fraction of sp³-hybridized carbons (Fsp3) is 0.318. The van der Waals surface area contributed by atoms with Crippen molar-refractivity contribution >= 4 is 17.3 Å². The van der Waals surface area contributed by atoms with Crippen LogP contribution < -0.4 is 22.1 Å². The molecule has 0 aromatic heterocycles. The lowest BCUT2D eigenvalue weighted by Crippen LogP contribution is -2.42. The fourth-order valence-corrected chi connectivity index (χ4v) is 3.51. The number of anilines is 1. The van der Waals surface area contributed by atoms with Gasteiger partial charge in [0, 0.05) is 29.9 Å². The number of rotatable bonds is 5. The molecule has 1 saturated carbocycles. The van der Waals surface area contributed by atoms with Crippen LogP contribution in [0.4, 0.5) is 5.69 Å². The van der Waals surface area contributed by atoms with Gasteiger partial charge in [-0.2, -0.15) is 0 Å². The highest BCUT2D eigenvalue weighted by atomic mass is 16.2. The topological polar surface area (TPSA) is 93.2 Å². The van der Waals surface area contributed by atoms with Crippen LogP contribution in [-0.2, 0) is 4.79 Å². The van der Waals surface area contributed by atoms with Crippen LogP contribution in [0.5, 0.6) is 0 Å². The molecule has 0 atom stereocenters. The van der Waals surface area contributed by atoms with Crippen molar-refractivity contribution < 1.29 is 4.79 Å². The normalized spacial score (nSPS) is 14.9. The largest absolute Gasteiger partial charge is 0.398 e. The molecule has 0 saturated heterocycles. The number of benzene rings is 2. The quantitative estimate of drug-likeness (QED) is 0.484. The highest BCUT2D eigenvalue weighted by molar-refractivity contribution is 6.02. The summed E-state index contributed by atoms with van der Waals surface area (Å²) in [5.74, 6) is -0.250. The zero-order valence-corrected chi connectivity index (χ0v) is 16.2. The lowest BCUT2D eigenvalue weighted by atomic mass is 9.93. The molecule has 1 aliphatic rings. The monoisotopic (exact) mass is 364 g/mol. The Kier molecular flexibility index (Phi) is 5.40. The Labute approximate surface area is 160 Å². The Morgan fingerprint density at radius 1 is 1.11 bits per heavy atom. The number of hydrogen-bond acceptors (Lipinski definition) is 4. The smallest absolute Gasteiger partial charge is 0.269 e. The van der Waals surface area contributed by atoms with Gasteiger partial charge < -0.3 is 22.1 Å². The van der Waals surface area contributed by atoms with Crippen LogP contribution in [0.3, 0.4) is 0 Å². The molecule has 6 N–H and O–H groups in total. The molecule has 0 bridgehead atoms. The summed E-state index contributed by atoms with van der Waals surface area (Å²) in [6, 6.07) is 12.4. The highest BCUT2D eigenvalue weighted by Crippen LogP contribution is 2.33. The predicted octanol–water partition coefficient (Wildman–Crippen LogP) is 3.07. The van der Waals surface area contributed by atoms with E-state index in [4.69, 9.17) is 11.5 Å². The van der Waals surface area contributed by atoms with Crippen LogP contribution in [-0.4, -0.2) is 19.0 Å². The third-order valence-electron chi connectivity index (χ3n) is 5.11. The van der Waals surface area contributed by atoms with E-state index in [2.05, 4.69) is 42.7 Å². The number of para-hydroxylation sites is 1. The molecule has 5 heteroatoms. The van der Waals surface area contributed by atoms with E-state index in [9.17, 15) is 4.79 Å². The number of carbonyl (C=O) groups excluding carboxylic acids is 1. The zero-order valence-electron chi connectivity index (χ0n) is 16.2. The Morgan fingerprint density at radius 2 is 1.78 bits per heavy atom. The minimum atomic E-state index is -0.250. The highest BCUT2D eigenvalue weighted by Gasteiger charge is 2.23. The number of nitrogens with one attached hydrogen (secondary N) is 2. The second-order valence-electron chi connectivity index (χ2n) is 7.28. The molecule has 0 aliphatic heterocycles. The van der Waals surface area contributed by atoms with Crippen LogP contribution >= 0.6 is 0 Å². The molecule has 5 nitrogen and oxygen atoms in total. The molecular weight excluding hydrogens is 336 g/mol. The van der Waals surface area contributed by atoms with Crippen molar-refractivity contribution in [2.75, 3.05) is 12.8 Å². The number of amides is 1. The van der Waals surface area contributed by atoms with Gasteiger partial charge in [0.05, 0.1) is 5.70 Å². The molecule has 142 valence electrons. The zero-order chi connectivity index (χ0) is 19.6. The minimum absolute atomic E-state index is 0.161. The van der Waals surface area contributed by atoms with E-state index < -0.39 is 0 Å². The summed E-state index contributed by atoms with van der Waals surface area (Å²) < 4.78 is 0. The van der Waals surface area contributed by atoms with Crippen molar-refractivity contribution in [2.45, 2.75) is 39.2 Å². The van der Waals surface area contributed by atoms with Crippen LogP contribution in [0.1, 0.15) is 36.0 Å². The number of carbonyl (C=O) groups is 1. The number of aryl methyl sites for hydroxylation is 2. The third-order valence-corrected chi connectivity index (χ3v) is 5.11. The summed E-state index contributed by atoms with van der Waals surface area (Å²) in [6.45, 7) is 4.14. The SMILES string of the molecule is CN/C(=C(/N)C(=O)NC1CCC1)c1cccc(-c2cc(C)cc(C)c2)c1N. The predicted molar refractivity (Wildman–Crippen MR) is 112 cm³/mol. The first kappa shape index (κ1) is 18.8. The standard InChI is InChI=1S/C22H28N4O/c1-13-10-14(2)12-15(11-13)17-8-5-9-18(19(17)23)21(25-3)20(24)22(27)26-16-6-4-7-16/h5,8-12,16,25H,4,6-7,23-24H2,1-3H3,(H,26,27)/b21-20+. The van der Waals surface area contributed by atoms with E-state index in [1.54, 1.807) is 7.05 Å². The van der Waals surface area contributed by atoms with Gasteiger partial charge in [0.1, 0.15) is 5.70 Å². The van der Waals surface area contributed by atoms with Gasteiger partial charge >= 0.3 is 0 Å². The van der Waals surface area contributed by atoms with Crippen LogP contribution in [0.15, 0.2) is 42.1 Å². The van der Waals surface area contributed by atoms with Gasteiger partial charge in [0.15, 0.2) is 0 Å². The van der Waals surface area contributed by atoms with E-state index in [1.165, 1.54) is 11.1 Å². The van der Waals surface area contributed by atoms with Crippen LogP contribution in [0.2, 0.25) is 0 Å². The minimum Gasteiger partial charge on any atom is -0.398 e. The van der Waals surface area contributed by atoms with E-state index in [0.29, 0.717) is 11.4 Å². The van der Waals surface area contributed by atoms with Crippen molar-refractivity contribution in [1.29, 1.82) is 0 Å². The van der Waals surface area contributed by atoms with Crippen molar-refractivity contribution in [1.82, 2.24) is 10.6 Å². The molecule has 0 radical (unpaired) electrons. The maximum Gasteiger partial charge on any atom is 0.269 e. The summed E-state index contributed by atoms with van der Waals surface area (Å²) in [5, 5.41) is 6.04. The van der Waals surface area contributed by atoms with Gasteiger partial charge in [0.2, 0.25) is 0 Å². The molecule has 3 rings (SSSR count). The molecule has 1 aliphatic carbocycles. The Hall–Kier alpha value is -2.95. The first-order valence-electron chi connectivity index (χ1n) is 9.36. The van der Waals surface area contributed by atoms with Crippen molar-refractivity contribution in [2.24, 2.45) is 5.73 Å². The van der Waals surface area contributed by atoms with Gasteiger partial charge in [-0.25, -0.2) is 0 Å². The summed E-state index contributed by atoms with van der Waals surface area (Å²) in [4.78, 5) is 12.5. The summed E-state index contributed by atoms with van der Waals surface area (Å²) in [7, 11) is 1.75. The van der Waals surface area contributed by atoms with E-state index in [0.717, 1.165) is 36.0 Å². The van der Waals surface area contributed by atoms with Crippen molar-refractivity contribution in [3.63, 3.8) is 0 Å². The number of nitrogen functional groups attached to an aromatic ring is 1. The van der Waals surface area contributed by atoms with Gasteiger partial charge in [0.25, 0.3) is 5.91 Å². The summed E-state index contributed by atoms with van der Waals surface area (Å²) in [6.07, 6.45) is 3.18. The molecule has 1 fully saturated rings. The average molecular weight is 364 g/mol. The van der Waals surface area contributed by atoms with Crippen LogP contribution in [0, 0.1) is 13.8 Å². The molecule has 1 amide bonds. The Morgan fingerprint density at radius 3 is 2.33 bits per heavy atom. The molecule has 0 unspecified atom stereocenters. The molecule has 0 heterocycles. The maximum atomic E-state index is 12.5. The lowest BCUT2D eigenvalue weighted by molar-refractivity contribution is -0.118. The second-order valence-corrected chi connectivity index (χ2v) is 7.28. The summed E-state index contributed by atoms with van der Waals surface area (Å²) >= 11 is 0. The van der Waals surface area contributed by atoms with Crippen molar-refractivity contribution in [3.8, 4) is 11.1 Å². The second kappa shape index (κ2) is 7.74.